The summed E-state index contributed by atoms with van der Waals surface area (Å²) in [6, 6.07) is 10.5. The summed E-state index contributed by atoms with van der Waals surface area (Å²) in [5.74, 6) is -2.95. The molecule has 1 saturated heterocycles. The van der Waals surface area contributed by atoms with Crippen molar-refractivity contribution in [2.24, 2.45) is 0 Å². The van der Waals surface area contributed by atoms with Gasteiger partial charge in [-0.2, -0.15) is 0 Å². The number of nitrogens with one attached hydrogen (secondary N) is 1. The van der Waals surface area contributed by atoms with Gasteiger partial charge in [0.15, 0.2) is 0 Å². The first-order valence-electron chi connectivity index (χ1n) is 8.84. The molecule has 2 aromatic rings. The molecule has 2 aromatic carbocycles. The summed E-state index contributed by atoms with van der Waals surface area (Å²) < 4.78 is 27.8. The topological polar surface area (TPSA) is 69.7 Å². The number of hydrogen-bond donors (Lipinski definition) is 1. The van der Waals surface area contributed by atoms with E-state index in [0.717, 1.165) is 18.2 Å². The molecule has 3 rings (SSSR count). The monoisotopic (exact) mass is 399 g/mol. The van der Waals surface area contributed by atoms with Crippen LogP contribution in [0.5, 0.6) is 0 Å². The second kappa shape index (κ2) is 7.83. The van der Waals surface area contributed by atoms with Gasteiger partial charge in [-0.3, -0.25) is 14.5 Å². The summed E-state index contributed by atoms with van der Waals surface area (Å²) in [6.07, 6.45) is 1.52. The normalized spacial score (nSPS) is 18.5. The summed E-state index contributed by atoms with van der Waals surface area (Å²) in [7, 11) is 0. The van der Waals surface area contributed by atoms with Crippen molar-refractivity contribution in [1.82, 2.24) is 10.2 Å². The fourth-order valence-corrected chi connectivity index (χ4v) is 3.21. The van der Waals surface area contributed by atoms with E-state index in [1.54, 1.807) is 30.3 Å². The third-order valence-corrected chi connectivity index (χ3v) is 4.72. The van der Waals surface area contributed by atoms with E-state index < -0.39 is 41.6 Å². The SMILES string of the molecule is C=CCN(C(=O)CN1C(=O)N[C@@](C)(c2cc(F)ccc2F)C1=O)c1ccccc1. The van der Waals surface area contributed by atoms with Crippen molar-refractivity contribution in [2.45, 2.75) is 12.5 Å². The average molecular weight is 399 g/mol. The maximum absolute atomic E-state index is 14.2. The zero-order chi connectivity index (χ0) is 21.2. The van der Waals surface area contributed by atoms with Crippen LogP contribution in [0.25, 0.3) is 0 Å². The molecule has 1 fully saturated rings. The Bertz CT molecular complexity index is 980. The van der Waals surface area contributed by atoms with Crippen molar-refractivity contribution < 1.29 is 23.2 Å². The highest BCUT2D eigenvalue weighted by Gasteiger charge is 2.51. The Morgan fingerprint density at radius 1 is 1.21 bits per heavy atom. The number of anilines is 1. The molecular weight excluding hydrogens is 380 g/mol. The van der Waals surface area contributed by atoms with E-state index in [-0.39, 0.29) is 12.1 Å². The largest absolute Gasteiger partial charge is 0.325 e. The Kier molecular flexibility index (Phi) is 5.45. The first-order valence-corrected chi connectivity index (χ1v) is 8.84. The molecule has 4 amide bonds. The molecule has 0 radical (unpaired) electrons. The van der Waals surface area contributed by atoms with Crippen molar-refractivity contribution in [2.75, 3.05) is 18.0 Å². The standard InChI is InChI=1S/C21H19F2N3O3/c1-3-11-25(15-7-5-4-6-8-15)18(27)13-26-19(28)21(2,24-20(26)29)16-12-14(22)9-10-17(16)23/h3-10,12H,1,11,13H2,2H3,(H,24,29)/t21-/m0/s1. The number of amides is 4. The van der Waals surface area contributed by atoms with Crippen LogP contribution in [0.2, 0.25) is 0 Å². The van der Waals surface area contributed by atoms with E-state index in [0.29, 0.717) is 10.6 Å². The number of halogens is 2. The van der Waals surface area contributed by atoms with Crippen LogP contribution in [-0.2, 0) is 15.1 Å². The second-order valence-electron chi connectivity index (χ2n) is 6.70. The molecule has 0 bridgehead atoms. The molecule has 1 N–H and O–H groups in total. The lowest BCUT2D eigenvalue weighted by molar-refractivity contribution is -0.134. The minimum Gasteiger partial charge on any atom is -0.319 e. The van der Waals surface area contributed by atoms with Crippen molar-refractivity contribution in [3.8, 4) is 0 Å². The second-order valence-corrected chi connectivity index (χ2v) is 6.70. The Balaban J connectivity index is 1.87. The zero-order valence-corrected chi connectivity index (χ0v) is 15.7. The zero-order valence-electron chi connectivity index (χ0n) is 15.7. The van der Waals surface area contributed by atoms with Gasteiger partial charge in [0.25, 0.3) is 5.91 Å². The van der Waals surface area contributed by atoms with Crippen molar-refractivity contribution in [3.63, 3.8) is 0 Å². The number of benzene rings is 2. The molecule has 1 aliphatic heterocycles. The molecule has 0 spiro atoms. The van der Waals surface area contributed by atoms with Gasteiger partial charge >= 0.3 is 6.03 Å². The Morgan fingerprint density at radius 2 is 1.90 bits per heavy atom. The van der Waals surface area contributed by atoms with Gasteiger partial charge in [-0.05, 0) is 37.3 Å². The third kappa shape index (κ3) is 3.73. The van der Waals surface area contributed by atoms with Crippen molar-refractivity contribution in [1.29, 1.82) is 0 Å². The number of nitrogens with zero attached hydrogens (tertiary/aromatic N) is 2. The van der Waals surface area contributed by atoms with Gasteiger partial charge in [-0.15, -0.1) is 6.58 Å². The quantitative estimate of drug-likeness (QED) is 0.600. The van der Waals surface area contributed by atoms with Gasteiger partial charge in [-0.1, -0.05) is 24.3 Å². The summed E-state index contributed by atoms with van der Waals surface area (Å²) in [6.45, 7) is 4.51. The van der Waals surface area contributed by atoms with Gasteiger partial charge in [0.2, 0.25) is 5.91 Å². The molecular formula is C21H19F2N3O3. The first kappa shape index (κ1) is 20.2. The van der Waals surface area contributed by atoms with Gasteiger partial charge in [0.05, 0.1) is 0 Å². The van der Waals surface area contributed by atoms with Crippen LogP contribution < -0.4 is 10.2 Å². The lowest BCUT2D eigenvalue weighted by atomic mass is 9.91. The van der Waals surface area contributed by atoms with Crippen LogP contribution in [0.15, 0.2) is 61.2 Å². The fourth-order valence-electron chi connectivity index (χ4n) is 3.21. The van der Waals surface area contributed by atoms with Gasteiger partial charge in [0, 0.05) is 17.8 Å². The van der Waals surface area contributed by atoms with E-state index in [4.69, 9.17) is 0 Å². The lowest BCUT2D eigenvalue weighted by Crippen LogP contribution is -2.45. The number of rotatable bonds is 6. The third-order valence-electron chi connectivity index (χ3n) is 4.72. The molecule has 150 valence electrons. The van der Waals surface area contributed by atoms with E-state index >= 15 is 0 Å². The summed E-state index contributed by atoms with van der Waals surface area (Å²) >= 11 is 0. The number of urea groups is 1. The van der Waals surface area contributed by atoms with E-state index in [1.165, 1.54) is 17.9 Å². The van der Waals surface area contributed by atoms with Crippen molar-refractivity contribution >= 4 is 23.5 Å². The van der Waals surface area contributed by atoms with Crippen LogP contribution in [0.1, 0.15) is 12.5 Å². The molecule has 6 nitrogen and oxygen atoms in total. The molecule has 0 aromatic heterocycles. The Labute approximate surface area is 166 Å². The highest BCUT2D eigenvalue weighted by Crippen LogP contribution is 2.31. The average Bonchev–Trinajstić information content (AvgIpc) is 2.92. The van der Waals surface area contributed by atoms with E-state index in [2.05, 4.69) is 11.9 Å². The van der Waals surface area contributed by atoms with Gasteiger partial charge < -0.3 is 10.2 Å². The smallest absolute Gasteiger partial charge is 0.319 e. The predicted molar refractivity (Wildman–Crippen MR) is 103 cm³/mol. The van der Waals surface area contributed by atoms with Crippen LogP contribution >= 0.6 is 0 Å². The summed E-state index contributed by atoms with van der Waals surface area (Å²) in [5.41, 5.74) is -1.56. The Hall–Kier alpha value is -3.55. The van der Waals surface area contributed by atoms with E-state index in [9.17, 15) is 23.2 Å². The highest BCUT2D eigenvalue weighted by molar-refractivity contribution is 6.10. The molecule has 1 heterocycles. The number of para-hydroxylation sites is 1. The predicted octanol–water partition coefficient (Wildman–Crippen LogP) is 2.95. The molecule has 1 atom stereocenters. The number of carbonyl (C=O) groups excluding carboxylic acids is 3. The molecule has 0 aliphatic carbocycles. The fraction of sp³-hybridized carbons (Fsp3) is 0.190. The highest BCUT2D eigenvalue weighted by atomic mass is 19.1. The van der Waals surface area contributed by atoms with Crippen molar-refractivity contribution in [3.05, 3.63) is 78.4 Å². The molecule has 8 heteroatoms. The minimum atomic E-state index is -1.82. The lowest BCUT2D eigenvalue weighted by Gasteiger charge is -2.25. The molecule has 0 saturated carbocycles. The molecule has 1 aliphatic rings. The van der Waals surface area contributed by atoms with E-state index in [1.807, 2.05) is 0 Å². The maximum atomic E-state index is 14.2. The summed E-state index contributed by atoms with van der Waals surface area (Å²) in [5, 5.41) is 2.37. The summed E-state index contributed by atoms with van der Waals surface area (Å²) in [4.78, 5) is 40.2. The van der Waals surface area contributed by atoms with Crippen LogP contribution in [0, 0.1) is 11.6 Å². The minimum absolute atomic E-state index is 0.169. The molecule has 29 heavy (non-hydrogen) atoms. The number of imide groups is 1. The molecule has 0 unspecified atom stereocenters. The van der Waals surface area contributed by atoms with Crippen LogP contribution in [-0.4, -0.2) is 35.8 Å². The Morgan fingerprint density at radius 3 is 2.55 bits per heavy atom. The maximum Gasteiger partial charge on any atom is 0.325 e. The van der Waals surface area contributed by atoms with Gasteiger partial charge in [-0.25, -0.2) is 13.6 Å². The first-order chi connectivity index (χ1) is 13.8. The van der Waals surface area contributed by atoms with Gasteiger partial charge in [0.1, 0.15) is 23.7 Å². The number of hydrogen-bond acceptors (Lipinski definition) is 3. The van der Waals surface area contributed by atoms with Crippen LogP contribution in [0.3, 0.4) is 0 Å². The van der Waals surface area contributed by atoms with Crippen LogP contribution in [0.4, 0.5) is 19.3 Å². The number of carbonyl (C=O) groups is 3.